The van der Waals surface area contributed by atoms with Crippen LogP contribution in [0.2, 0.25) is 0 Å². The molecule has 0 bridgehead atoms. The Kier molecular flexibility index (Phi) is 5.69. The lowest BCUT2D eigenvalue weighted by molar-refractivity contribution is -0.128. The van der Waals surface area contributed by atoms with E-state index in [0.29, 0.717) is 5.92 Å². The molecule has 2 N–H and O–H groups in total. The highest BCUT2D eigenvalue weighted by molar-refractivity contribution is 5.81. The van der Waals surface area contributed by atoms with Gasteiger partial charge in [-0.05, 0) is 55.5 Å². The van der Waals surface area contributed by atoms with Gasteiger partial charge in [-0.25, -0.2) is 0 Å². The van der Waals surface area contributed by atoms with Crippen molar-refractivity contribution in [1.82, 2.24) is 10.6 Å². The molecule has 0 radical (unpaired) electrons. The van der Waals surface area contributed by atoms with Gasteiger partial charge in [-0.15, -0.1) is 0 Å². The Hall–Kier alpha value is -1.55. The van der Waals surface area contributed by atoms with Gasteiger partial charge in [-0.1, -0.05) is 39.8 Å². The number of amides is 1. The van der Waals surface area contributed by atoms with Gasteiger partial charge in [0.25, 0.3) is 5.91 Å². The van der Waals surface area contributed by atoms with E-state index in [9.17, 15) is 4.79 Å². The summed E-state index contributed by atoms with van der Waals surface area (Å²) >= 11 is 0. The topological polar surface area (TPSA) is 50.4 Å². The molecule has 0 aromatic heterocycles. The van der Waals surface area contributed by atoms with E-state index in [2.05, 4.69) is 50.5 Å². The van der Waals surface area contributed by atoms with Crippen molar-refractivity contribution in [2.75, 3.05) is 13.1 Å². The maximum Gasteiger partial charge on any atom is 0.261 e. The molecule has 0 saturated carbocycles. The summed E-state index contributed by atoms with van der Waals surface area (Å²) in [5, 5.41) is 6.46. The summed E-state index contributed by atoms with van der Waals surface area (Å²) in [7, 11) is 0. The van der Waals surface area contributed by atoms with E-state index in [1.165, 1.54) is 5.56 Å². The number of piperidine rings is 1. The molecule has 4 nitrogen and oxygen atoms in total. The molecule has 0 spiro atoms. The third-order valence-electron chi connectivity index (χ3n) is 4.52. The van der Waals surface area contributed by atoms with Gasteiger partial charge in [-0.2, -0.15) is 0 Å². The molecule has 23 heavy (non-hydrogen) atoms. The van der Waals surface area contributed by atoms with Crippen molar-refractivity contribution in [2.45, 2.75) is 58.6 Å². The van der Waals surface area contributed by atoms with Crippen LogP contribution in [-0.4, -0.2) is 31.1 Å². The average molecular weight is 318 g/mol. The van der Waals surface area contributed by atoms with Crippen molar-refractivity contribution < 1.29 is 9.53 Å². The molecular formula is C19H30N2O2. The van der Waals surface area contributed by atoms with Gasteiger partial charge in [0.05, 0.1) is 0 Å². The van der Waals surface area contributed by atoms with Gasteiger partial charge < -0.3 is 15.4 Å². The third-order valence-corrected chi connectivity index (χ3v) is 4.52. The predicted octanol–water partition coefficient (Wildman–Crippen LogP) is 2.87. The predicted molar refractivity (Wildman–Crippen MR) is 93.8 cm³/mol. The molecule has 1 aromatic rings. The zero-order chi connectivity index (χ0) is 17.0. The van der Waals surface area contributed by atoms with Crippen LogP contribution in [0.1, 0.15) is 46.6 Å². The lowest BCUT2D eigenvalue weighted by Crippen LogP contribution is -2.51. The van der Waals surface area contributed by atoms with E-state index < -0.39 is 6.10 Å². The van der Waals surface area contributed by atoms with Gasteiger partial charge >= 0.3 is 0 Å². The van der Waals surface area contributed by atoms with Gasteiger partial charge in [-0.3, -0.25) is 4.79 Å². The van der Waals surface area contributed by atoms with Crippen LogP contribution in [0.4, 0.5) is 0 Å². The largest absolute Gasteiger partial charge is 0.481 e. The fourth-order valence-corrected chi connectivity index (χ4v) is 2.82. The summed E-state index contributed by atoms with van der Waals surface area (Å²) < 4.78 is 5.79. The first-order valence-electron chi connectivity index (χ1n) is 8.55. The molecule has 1 amide bonds. The van der Waals surface area contributed by atoms with Crippen molar-refractivity contribution in [1.29, 1.82) is 0 Å². The van der Waals surface area contributed by atoms with Crippen LogP contribution >= 0.6 is 0 Å². The minimum atomic E-state index is -0.488. The van der Waals surface area contributed by atoms with Crippen LogP contribution in [-0.2, 0) is 10.2 Å². The fourth-order valence-electron chi connectivity index (χ4n) is 2.82. The number of hydrogen-bond donors (Lipinski definition) is 2. The average Bonchev–Trinajstić information content (AvgIpc) is 2.49. The van der Waals surface area contributed by atoms with E-state index >= 15 is 0 Å². The Labute approximate surface area is 140 Å². The van der Waals surface area contributed by atoms with Crippen LogP contribution in [0.3, 0.4) is 0 Å². The Balaban J connectivity index is 1.90. The molecule has 1 aromatic carbocycles. The second kappa shape index (κ2) is 7.35. The lowest BCUT2D eigenvalue weighted by atomic mass is 9.87. The second-order valence-electron chi connectivity index (χ2n) is 7.62. The van der Waals surface area contributed by atoms with E-state index in [1.807, 2.05) is 12.1 Å². The number of carbonyl (C=O) groups is 1. The normalized spacial score (nSPS) is 23.2. The molecule has 128 valence electrons. The SMILES string of the molecule is CC(Oc1ccc(C(C)(C)C)cc1)C(=O)NC1CCNCC1C. The molecule has 2 rings (SSSR count). The molecule has 1 aliphatic heterocycles. The number of ether oxygens (including phenoxy) is 1. The van der Waals surface area contributed by atoms with Crippen LogP contribution in [0.5, 0.6) is 5.75 Å². The van der Waals surface area contributed by atoms with Crippen LogP contribution in [0, 0.1) is 5.92 Å². The number of benzene rings is 1. The van der Waals surface area contributed by atoms with E-state index in [-0.39, 0.29) is 17.4 Å². The zero-order valence-electron chi connectivity index (χ0n) is 15.0. The van der Waals surface area contributed by atoms with Crippen molar-refractivity contribution in [3.63, 3.8) is 0 Å². The third kappa shape index (κ3) is 4.96. The van der Waals surface area contributed by atoms with Crippen molar-refractivity contribution in [2.24, 2.45) is 5.92 Å². The van der Waals surface area contributed by atoms with E-state index in [0.717, 1.165) is 25.3 Å². The zero-order valence-corrected chi connectivity index (χ0v) is 15.0. The second-order valence-corrected chi connectivity index (χ2v) is 7.62. The first-order valence-corrected chi connectivity index (χ1v) is 8.55. The number of nitrogens with one attached hydrogen (secondary N) is 2. The van der Waals surface area contributed by atoms with Gasteiger partial charge in [0, 0.05) is 6.04 Å². The molecule has 3 atom stereocenters. The standard InChI is InChI=1S/C19H30N2O2/c1-13-12-20-11-10-17(13)21-18(22)14(2)23-16-8-6-15(7-9-16)19(3,4)5/h6-9,13-14,17,20H,10-12H2,1-5H3,(H,21,22). The quantitative estimate of drug-likeness (QED) is 0.897. The molecule has 1 aliphatic rings. The summed E-state index contributed by atoms with van der Waals surface area (Å²) in [4.78, 5) is 12.3. The Bertz CT molecular complexity index is 519. The molecule has 1 fully saturated rings. The minimum absolute atomic E-state index is 0.0383. The highest BCUT2D eigenvalue weighted by atomic mass is 16.5. The van der Waals surface area contributed by atoms with Gasteiger partial charge in [0.15, 0.2) is 6.10 Å². The molecular weight excluding hydrogens is 288 g/mol. The maximum absolute atomic E-state index is 12.3. The van der Waals surface area contributed by atoms with E-state index in [4.69, 9.17) is 4.74 Å². The summed E-state index contributed by atoms with van der Waals surface area (Å²) in [6, 6.07) is 8.25. The van der Waals surface area contributed by atoms with E-state index in [1.54, 1.807) is 6.92 Å². The summed E-state index contributed by atoms with van der Waals surface area (Å²) in [6.45, 7) is 12.4. The van der Waals surface area contributed by atoms with Crippen molar-refractivity contribution in [3.8, 4) is 5.75 Å². The minimum Gasteiger partial charge on any atom is -0.481 e. The maximum atomic E-state index is 12.3. The monoisotopic (exact) mass is 318 g/mol. The summed E-state index contributed by atoms with van der Waals surface area (Å²) in [5.74, 6) is 1.15. The fraction of sp³-hybridized carbons (Fsp3) is 0.632. The van der Waals surface area contributed by atoms with Crippen LogP contribution < -0.4 is 15.4 Å². The highest BCUT2D eigenvalue weighted by Gasteiger charge is 2.25. The van der Waals surface area contributed by atoms with Crippen LogP contribution in [0.25, 0.3) is 0 Å². The Morgan fingerprint density at radius 1 is 1.30 bits per heavy atom. The first-order chi connectivity index (χ1) is 10.8. The van der Waals surface area contributed by atoms with Crippen molar-refractivity contribution in [3.05, 3.63) is 29.8 Å². The highest BCUT2D eigenvalue weighted by Crippen LogP contribution is 2.24. The Morgan fingerprint density at radius 2 is 1.96 bits per heavy atom. The first kappa shape index (κ1) is 17.8. The summed E-state index contributed by atoms with van der Waals surface area (Å²) in [6.07, 6.45) is 0.484. The van der Waals surface area contributed by atoms with Crippen LogP contribution in [0.15, 0.2) is 24.3 Å². The molecule has 3 unspecified atom stereocenters. The molecule has 1 heterocycles. The molecule has 1 saturated heterocycles. The molecule has 0 aliphatic carbocycles. The number of carbonyl (C=O) groups excluding carboxylic acids is 1. The van der Waals surface area contributed by atoms with Crippen molar-refractivity contribution >= 4 is 5.91 Å². The van der Waals surface area contributed by atoms with Gasteiger partial charge in [0.1, 0.15) is 5.75 Å². The lowest BCUT2D eigenvalue weighted by Gasteiger charge is -2.31. The smallest absolute Gasteiger partial charge is 0.261 e. The summed E-state index contributed by atoms with van der Waals surface area (Å²) in [5.41, 5.74) is 1.37. The molecule has 4 heteroatoms. The van der Waals surface area contributed by atoms with Gasteiger partial charge in [0.2, 0.25) is 0 Å². The number of hydrogen-bond acceptors (Lipinski definition) is 3. The number of rotatable bonds is 4. The Morgan fingerprint density at radius 3 is 2.52 bits per heavy atom.